The molecule has 3 fully saturated rings. The van der Waals surface area contributed by atoms with Crippen molar-refractivity contribution in [2.75, 3.05) is 39.3 Å². The second-order valence-electron chi connectivity index (χ2n) is 14.3. The second-order valence-corrected chi connectivity index (χ2v) is 15.2. The molecule has 7 rings (SSSR count). The summed E-state index contributed by atoms with van der Waals surface area (Å²) >= 11 is 3.68. The average molecular weight is 776 g/mol. The fourth-order valence-corrected chi connectivity index (χ4v) is 8.48. The lowest BCUT2D eigenvalue weighted by atomic mass is 9.81. The molecule has 3 aliphatic rings. The van der Waals surface area contributed by atoms with E-state index in [2.05, 4.69) is 31.1 Å². The van der Waals surface area contributed by atoms with E-state index in [1.165, 1.54) is 12.1 Å². The number of aromatic amines is 1. The second kappa shape index (κ2) is 18.2. The minimum atomic E-state index is -0.884. The Morgan fingerprint density at radius 2 is 1.67 bits per heavy atom. The summed E-state index contributed by atoms with van der Waals surface area (Å²) in [6.07, 6.45) is 8.05. The van der Waals surface area contributed by atoms with E-state index in [4.69, 9.17) is 4.74 Å². The number of aliphatic hydroxyl groups is 1. The molecular weight excluding hydrogens is 724 g/mol. The van der Waals surface area contributed by atoms with Crippen LogP contribution in [0.25, 0.3) is 10.9 Å². The van der Waals surface area contributed by atoms with E-state index in [0.29, 0.717) is 35.5 Å². The van der Waals surface area contributed by atoms with Crippen molar-refractivity contribution in [1.29, 1.82) is 0 Å². The van der Waals surface area contributed by atoms with Gasteiger partial charge >= 0.3 is 6.09 Å². The minimum Gasteiger partial charge on any atom is -0.506 e. The molecule has 0 radical (unpaired) electrons. The number of ether oxygens (including phenoxy) is 1. The van der Waals surface area contributed by atoms with Crippen LogP contribution in [0.2, 0.25) is 0 Å². The molecule has 10 nitrogen and oxygen atoms in total. The van der Waals surface area contributed by atoms with Crippen LogP contribution in [0, 0.1) is 5.92 Å². The summed E-state index contributed by atoms with van der Waals surface area (Å²) in [4.78, 5) is 31.4. The first kappa shape index (κ1) is 37.8. The van der Waals surface area contributed by atoms with E-state index in [0.717, 1.165) is 105 Å². The number of H-pyrrole nitrogens is 1. The van der Waals surface area contributed by atoms with E-state index in [1.807, 2.05) is 48.5 Å². The number of halogens is 1. The number of unbranched alkanes of at least 4 members (excludes halogenated alkanes) is 6. The van der Waals surface area contributed by atoms with Crippen LogP contribution in [0.15, 0.2) is 82.1 Å². The van der Waals surface area contributed by atoms with Crippen molar-refractivity contribution in [1.82, 2.24) is 20.1 Å². The number of aromatic nitrogens is 1. The number of nitrogens with zero attached hydrogens (tertiary/aromatic N) is 2. The van der Waals surface area contributed by atoms with Gasteiger partial charge in [0.1, 0.15) is 11.5 Å². The maximum Gasteiger partial charge on any atom is 0.408 e. The monoisotopic (exact) mass is 774 g/mol. The lowest BCUT2D eigenvalue weighted by Crippen LogP contribution is -2.59. The zero-order valence-electron chi connectivity index (χ0n) is 29.7. The summed E-state index contributed by atoms with van der Waals surface area (Å²) in [6.45, 7) is 4.69. The van der Waals surface area contributed by atoms with Gasteiger partial charge in [0.05, 0.1) is 30.3 Å². The van der Waals surface area contributed by atoms with E-state index >= 15 is 0 Å². The molecule has 0 saturated carbocycles. The highest BCUT2D eigenvalue weighted by Gasteiger charge is 2.43. The molecule has 0 spiro atoms. The number of amides is 1. The Kier molecular flexibility index (Phi) is 13.3. The number of aromatic hydroxyl groups is 1. The Morgan fingerprint density at radius 1 is 0.942 bits per heavy atom. The number of phenols is 1. The molecule has 52 heavy (non-hydrogen) atoms. The van der Waals surface area contributed by atoms with Crippen LogP contribution in [0.4, 0.5) is 4.79 Å². The highest BCUT2D eigenvalue weighted by atomic mass is 79.9. The summed E-state index contributed by atoms with van der Waals surface area (Å²) in [5.74, 6) is 1.11. The zero-order chi connectivity index (χ0) is 36.5. The van der Waals surface area contributed by atoms with E-state index in [1.54, 1.807) is 17.0 Å². The number of benzene rings is 3. The summed E-state index contributed by atoms with van der Waals surface area (Å²) in [7, 11) is 0. The van der Waals surface area contributed by atoms with Crippen LogP contribution in [0.5, 0.6) is 11.5 Å². The number of phenolic OH excluding ortho intramolecular Hbond substituents is 1. The molecule has 3 atom stereocenters. The number of rotatable bonds is 18. The molecule has 3 saturated heterocycles. The Hall–Kier alpha value is -3.90. The Morgan fingerprint density at radius 3 is 2.38 bits per heavy atom. The molecule has 1 aromatic heterocycles. The van der Waals surface area contributed by atoms with E-state index in [9.17, 15) is 24.9 Å². The third kappa shape index (κ3) is 9.55. The number of nitrogens with one attached hydrogen (secondary N) is 2. The molecule has 1 amide bonds. The molecule has 1 unspecified atom stereocenters. The number of piperidine rings is 3. The van der Waals surface area contributed by atoms with Crippen molar-refractivity contribution in [2.24, 2.45) is 5.92 Å². The normalized spacial score (nSPS) is 19.4. The average Bonchev–Trinajstić information content (AvgIpc) is 3.15. The van der Waals surface area contributed by atoms with Crippen molar-refractivity contribution in [3.8, 4) is 11.5 Å². The summed E-state index contributed by atoms with van der Waals surface area (Å²) in [5.41, 5.74) is 2.58. The Labute approximate surface area is 313 Å². The molecule has 4 aromatic rings. The highest BCUT2D eigenvalue weighted by molar-refractivity contribution is 9.10. The van der Waals surface area contributed by atoms with Crippen LogP contribution >= 0.6 is 15.9 Å². The first-order chi connectivity index (χ1) is 25.3. The van der Waals surface area contributed by atoms with Crippen LogP contribution in [-0.2, 0) is 0 Å². The maximum absolute atomic E-state index is 13.0. The molecular formula is C41H51BrN4O6. The number of fused-ring (bicyclic) bond motifs is 4. The number of aliphatic hydroxyl groups excluding tert-OH is 1. The maximum atomic E-state index is 13.0. The predicted molar refractivity (Wildman–Crippen MR) is 207 cm³/mol. The van der Waals surface area contributed by atoms with Gasteiger partial charge in [0.2, 0.25) is 5.56 Å². The van der Waals surface area contributed by atoms with Gasteiger partial charge in [0.25, 0.3) is 0 Å². The smallest absolute Gasteiger partial charge is 0.408 e. The van der Waals surface area contributed by atoms with Crippen LogP contribution in [0.1, 0.15) is 86.6 Å². The van der Waals surface area contributed by atoms with Gasteiger partial charge in [-0.3, -0.25) is 9.69 Å². The fraction of sp³-hybridized carbons (Fsp3) is 0.463. The van der Waals surface area contributed by atoms with Gasteiger partial charge in [0, 0.05) is 29.0 Å². The molecule has 0 aliphatic carbocycles. The minimum absolute atomic E-state index is 0.0135. The first-order valence-electron chi connectivity index (χ1n) is 18.7. The van der Waals surface area contributed by atoms with Crippen molar-refractivity contribution < 1.29 is 24.9 Å². The molecule has 11 heteroatoms. The number of hydrogen-bond donors (Lipinski definition) is 5. The third-order valence-electron chi connectivity index (χ3n) is 10.7. The van der Waals surface area contributed by atoms with Gasteiger partial charge in [-0.05, 0) is 98.3 Å². The number of hydrogen-bond acceptors (Lipinski definition) is 7. The summed E-state index contributed by atoms with van der Waals surface area (Å²) < 4.78 is 7.12. The van der Waals surface area contributed by atoms with Gasteiger partial charge in [-0.25, -0.2) is 4.79 Å². The standard InChI is InChI=1S/C41H51BrN4O6/c42-31-23-30(40(29-11-7-6-8-12-29)46(41(50)51)35-27-45-20-17-28(35)18-21-45)24-32(25-31)52-22-10-5-3-1-2-4-9-19-43-26-37(48)33-13-15-36(47)39-34(33)14-16-38(49)44-39/h6-8,11-16,23-25,28,35,37,40,43,47-48H,1-5,9-10,17-22,26-27H2,(H,44,49)(H,50,51)/t35-,37-,40?/m0/s1. The SMILES string of the molecule is O=C(O)N(C(c1ccccc1)c1cc(Br)cc(OCCCCCCCCCNC[C@H](O)c2ccc(O)c3[nH]c(=O)ccc23)c1)[C@H]1CN2CCC1CC2. The number of pyridine rings is 1. The topological polar surface area (TPSA) is 138 Å². The van der Waals surface area contributed by atoms with Gasteiger partial charge in [-0.15, -0.1) is 0 Å². The lowest BCUT2D eigenvalue weighted by molar-refractivity contribution is -0.000819. The van der Waals surface area contributed by atoms with Crippen molar-refractivity contribution in [3.05, 3.63) is 104 Å². The largest absolute Gasteiger partial charge is 0.506 e. The Balaban J connectivity index is 0.921. The van der Waals surface area contributed by atoms with Crippen LogP contribution in [0.3, 0.4) is 0 Å². The van der Waals surface area contributed by atoms with Gasteiger partial charge < -0.3 is 35.3 Å². The Bertz CT molecular complexity index is 1830. The van der Waals surface area contributed by atoms with E-state index < -0.39 is 18.2 Å². The summed E-state index contributed by atoms with van der Waals surface area (Å²) in [5, 5.41) is 35.4. The number of carbonyl (C=O) groups is 1. The van der Waals surface area contributed by atoms with Gasteiger partial charge in [-0.2, -0.15) is 0 Å². The van der Waals surface area contributed by atoms with Gasteiger partial charge in [-0.1, -0.05) is 84.4 Å². The predicted octanol–water partition coefficient (Wildman–Crippen LogP) is 7.59. The van der Waals surface area contributed by atoms with E-state index in [-0.39, 0.29) is 17.4 Å². The number of carboxylic acid groups (broad SMARTS) is 1. The van der Waals surface area contributed by atoms with Gasteiger partial charge in [0.15, 0.2) is 0 Å². The first-order valence-corrected chi connectivity index (χ1v) is 19.5. The van der Waals surface area contributed by atoms with Crippen molar-refractivity contribution >= 4 is 32.9 Å². The molecule has 3 aromatic carbocycles. The molecule has 5 N–H and O–H groups in total. The quantitative estimate of drug-likeness (QED) is 0.0653. The van der Waals surface area contributed by atoms with Crippen LogP contribution in [-0.4, -0.2) is 81.6 Å². The lowest BCUT2D eigenvalue weighted by Gasteiger charge is -2.50. The third-order valence-corrected chi connectivity index (χ3v) is 11.1. The molecule has 278 valence electrons. The highest BCUT2D eigenvalue weighted by Crippen LogP contribution is 2.40. The molecule has 2 bridgehead atoms. The molecule has 4 heterocycles. The molecule has 3 aliphatic heterocycles. The summed E-state index contributed by atoms with van der Waals surface area (Å²) in [6, 6.07) is 21.7. The van der Waals surface area contributed by atoms with Crippen molar-refractivity contribution in [3.63, 3.8) is 0 Å². The zero-order valence-corrected chi connectivity index (χ0v) is 31.3. The van der Waals surface area contributed by atoms with Crippen molar-refractivity contribution in [2.45, 2.75) is 76.0 Å². The fourth-order valence-electron chi connectivity index (χ4n) is 7.99. The van der Waals surface area contributed by atoms with Crippen LogP contribution < -0.4 is 15.6 Å².